The number of piperidine rings is 3. The second-order valence-corrected chi connectivity index (χ2v) is 7.58. The van der Waals surface area contributed by atoms with Crippen molar-refractivity contribution in [1.82, 2.24) is 9.80 Å². The summed E-state index contributed by atoms with van der Waals surface area (Å²) in [6.07, 6.45) is 8.93. The number of nitrogens with zero attached hydrogens (tertiary/aromatic N) is 2. The van der Waals surface area contributed by atoms with Crippen LogP contribution in [0.25, 0.3) is 0 Å². The first-order chi connectivity index (χ1) is 10.7. The molecule has 4 heteroatoms. The topological polar surface area (TPSA) is 43.8 Å². The van der Waals surface area contributed by atoms with Crippen LogP contribution in [-0.4, -0.2) is 59.1 Å². The van der Waals surface area contributed by atoms with E-state index in [2.05, 4.69) is 16.7 Å². The van der Waals surface area contributed by atoms with E-state index >= 15 is 0 Å². The fourth-order valence-electron chi connectivity index (χ4n) is 5.49. The molecule has 3 heterocycles. The standard InChI is InChI=1S/C18H32N2O2/c1-2-10-20-13-14-6-4-11-19-12-5-7-15(18(14)19)16(20)8-3-9-17(21)22/h14-16,18H,2-13H2,1H3,(H,21,22)/t14-,15-,16-,18+/m1/s1. The first-order valence-corrected chi connectivity index (χ1v) is 9.40. The molecule has 126 valence electrons. The smallest absolute Gasteiger partial charge is 0.303 e. The van der Waals surface area contributed by atoms with Gasteiger partial charge in [-0.05, 0) is 76.4 Å². The Bertz CT molecular complexity index is 385. The Morgan fingerprint density at radius 2 is 2.00 bits per heavy atom. The maximum Gasteiger partial charge on any atom is 0.303 e. The van der Waals surface area contributed by atoms with Gasteiger partial charge in [-0.15, -0.1) is 0 Å². The van der Waals surface area contributed by atoms with E-state index in [1.165, 1.54) is 58.3 Å². The third-order valence-electron chi connectivity index (χ3n) is 6.18. The molecule has 0 amide bonds. The summed E-state index contributed by atoms with van der Waals surface area (Å²) in [4.78, 5) is 16.4. The van der Waals surface area contributed by atoms with Crippen LogP contribution in [0.3, 0.4) is 0 Å². The molecule has 0 spiro atoms. The Labute approximate surface area is 134 Å². The molecule has 22 heavy (non-hydrogen) atoms. The van der Waals surface area contributed by atoms with E-state index in [1.54, 1.807) is 0 Å². The highest BCUT2D eigenvalue weighted by molar-refractivity contribution is 5.66. The van der Waals surface area contributed by atoms with Gasteiger partial charge >= 0.3 is 5.97 Å². The van der Waals surface area contributed by atoms with Gasteiger partial charge in [0.1, 0.15) is 0 Å². The van der Waals surface area contributed by atoms with E-state index in [9.17, 15) is 4.79 Å². The van der Waals surface area contributed by atoms with E-state index in [4.69, 9.17) is 5.11 Å². The van der Waals surface area contributed by atoms with Gasteiger partial charge in [0.05, 0.1) is 0 Å². The van der Waals surface area contributed by atoms with Crippen LogP contribution < -0.4 is 0 Å². The quantitative estimate of drug-likeness (QED) is 0.819. The zero-order chi connectivity index (χ0) is 15.5. The van der Waals surface area contributed by atoms with Crippen LogP contribution in [0.2, 0.25) is 0 Å². The average molecular weight is 308 g/mol. The van der Waals surface area contributed by atoms with Gasteiger partial charge in [-0.25, -0.2) is 0 Å². The van der Waals surface area contributed by atoms with Gasteiger partial charge in [0.25, 0.3) is 0 Å². The molecule has 3 aliphatic heterocycles. The summed E-state index contributed by atoms with van der Waals surface area (Å²) in [5.41, 5.74) is 0. The Hall–Kier alpha value is -0.610. The fraction of sp³-hybridized carbons (Fsp3) is 0.944. The normalized spacial score (nSPS) is 36.0. The Kier molecular flexibility index (Phi) is 5.40. The number of likely N-dealkylation sites (tertiary alicyclic amines) is 1. The second kappa shape index (κ2) is 7.31. The van der Waals surface area contributed by atoms with Gasteiger partial charge in [0.15, 0.2) is 0 Å². The molecule has 0 aliphatic carbocycles. The lowest BCUT2D eigenvalue weighted by Gasteiger charge is -2.57. The summed E-state index contributed by atoms with van der Waals surface area (Å²) in [5, 5.41) is 8.95. The van der Waals surface area contributed by atoms with Crippen LogP contribution in [0.1, 0.15) is 58.3 Å². The molecule has 4 nitrogen and oxygen atoms in total. The molecule has 0 aromatic carbocycles. The zero-order valence-corrected chi connectivity index (χ0v) is 14.0. The highest BCUT2D eigenvalue weighted by Gasteiger charge is 2.47. The summed E-state index contributed by atoms with van der Waals surface area (Å²) in [6.45, 7) is 7.32. The number of aliphatic carboxylic acids is 1. The van der Waals surface area contributed by atoms with E-state index in [0.717, 1.165) is 30.7 Å². The Morgan fingerprint density at radius 1 is 1.23 bits per heavy atom. The molecule has 3 saturated heterocycles. The predicted molar refractivity (Wildman–Crippen MR) is 87.9 cm³/mol. The molecule has 0 bridgehead atoms. The van der Waals surface area contributed by atoms with Crippen molar-refractivity contribution >= 4 is 5.97 Å². The van der Waals surface area contributed by atoms with Crippen molar-refractivity contribution in [1.29, 1.82) is 0 Å². The van der Waals surface area contributed by atoms with Crippen LogP contribution in [0.5, 0.6) is 0 Å². The van der Waals surface area contributed by atoms with Crippen LogP contribution in [0.15, 0.2) is 0 Å². The molecular weight excluding hydrogens is 276 g/mol. The minimum atomic E-state index is -0.640. The van der Waals surface area contributed by atoms with Gasteiger partial charge in [-0.3, -0.25) is 14.6 Å². The molecule has 0 saturated carbocycles. The first kappa shape index (κ1) is 16.3. The van der Waals surface area contributed by atoms with Crippen LogP contribution >= 0.6 is 0 Å². The molecule has 4 atom stereocenters. The van der Waals surface area contributed by atoms with E-state index < -0.39 is 5.97 Å². The van der Waals surface area contributed by atoms with E-state index in [0.29, 0.717) is 12.5 Å². The van der Waals surface area contributed by atoms with Gasteiger partial charge in [-0.2, -0.15) is 0 Å². The Balaban J connectivity index is 1.72. The number of hydrogen-bond donors (Lipinski definition) is 1. The van der Waals surface area contributed by atoms with Crippen LogP contribution in [0, 0.1) is 11.8 Å². The molecule has 1 N–H and O–H groups in total. The summed E-state index contributed by atoms with van der Waals surface area (Å²) < 4.78 is 0. The SMILES string of the molecule is CCCN1C[C@H]2CCCN3CCC[C@@H]([C@H]23)[C@H]1CCCC(=O)O. The number of carboxylic acids is 1. The molecule has 0 aromatic rings. The van der Waals surface area contributed by atoms with E-state index in [1.807, 2.05) is 0 Å². The molecule has 3 aliphatic rings. The second-order valence-electron chi connectivity index (χ2n) is 7.58. The molecule has 0 radical (unpaired) electrons. The lowest BCUT2D eigenvalue weighted by molar-refractivity contribution is -0.137. The molecule has 0 unspecified atom stereocenters. The summed E-state index contributed by atoms with van der Waals surface area (Å²) in [6, 6.07) is 1.42. The minimum absolute atomic E-state index is 0.334. The van der Waals surface area contributed by atoms with Crippen molar-refractivity contribution in [3.05, 3.63) is 0 Å². The number of rotatable bonds is 6. The monoisotopic (exact) mass is 308 g/mol. The van der Waals surface area contributed by atoms with Gasteiger partial charge in [0.2, 0.25) is 0 Å². The van der Waals surface area contributed by atoms with Crippen molar-refractivity contribution < 1.29 is 9.90 Å². The molecule has 0 aromatic heterocycles. The largest absolute Gasteiger partial charge is 0.481 e. The highest BCUT2D eigenvalue weighted by atomic mass is 16.4. The maximum atomic E-state index is 10.9. The van der Waals surface area contributed by atoms with Crippen molar-refractivity contribution in [3.63, 3.8) is 0 Å². The van der Waals surface area contributed by atoms with E-state index in [-0.39, 0.29) is 0 Å². The maximum absolute atomic E-state index is 10.9. The number of hydrogen-bond acceptors (Lipinski definition) is 3. The molecule has 3 fully saturated rings. The van der Waals surface area contributed by atoms with Crippen molar-refractivity contribution in [2.75, 3.05) is 26.2 Å². The summed E-state index contributed by atoms with van der Waals surface area (Å²) in [7, 11) is 0. The average Bonchev–Trinajstić information content (AvgIpc) is 2.50. The summed E-state index contributed by atoms with van der Waals surface area (Å²) >= 11 is 0. The van der Waals surface area contributed by atoms with Crippen LogP contribution in [-0.2, 0) is 4.79 Å². The molecular formula is C18H32N2O2. The predicted octanol–water partition coefficient (Wildman–Crippen LogP) is 2.83. The molecule has 3 rings (SSSR count). The first-order valence-electron chi connectivity index (χ1n) is 9.40. The van der Waals surface area contributed by atoms with Crippen molar-refractivity contribution in [2.24, 2.45) is 11.8 Å². The third-order valence-corrected chi connectivity index (χ3v) is 6.18. The Morgan fingerprint density at radius 3 is 2.73 bits per heavy atom. The number of carbonyl (C=O) groups is 1. The van der Waals surface area contributed by atoms with Crippen molar-refractivity contribution in [2.45, 2.75) is 70.4 Å². The lowest BCUT2D eigenvalue weighted by Crippen LogP contribution is -2.64. The zero-order valence-electron chi connectivity index (χ0n) is 14.0. The van der Waals surface area contributed by atoms with Gasteiger partial charge in [0, 0.05) is 25.0 Å². The minimum Gasteiger partial charge on any atom is -0.481 e. The summed E-state index contributed by atoms with van der Waals surface area (Å²) in [5.74, 6) is 1.01. The van der Waals surface area contributed by atoms with Crippen molar-refractivity contribution in [3.8, 4) is 0 Å². The van der Waals surface area contributed by atoms with Crippen LogP contribution in [0.4, 0.5) is 0 Å². The third kappa shape index (κ3) is 3.33. The number of carboxylic acid groups (broad SMARTS) is 1. The fourth-order valence-corrected chi connectivity index (χ4v) is 5.49. The lowest BCUT2D eigenvalue weighted by atomic mass is 9.69. The van der Waals surface area contributed by atoms with Gasteiger partial charge in [-0.1, -0.05) is 6.92 Å². The van der Waals surface area contributed by atoms with Gasteiger partial charge < -0.3 is 5.11 Å². The highest BCUT2D eigenvalue weighted by Crippen LogP contribution is 2.43.